The van der Waals surface area contributed by atoms with Gasteiger partial charge in [0.1, 0.15) is 11.6 Å². The first-order chi connectivity index (χ1) is 12.3. The van der Waals surface area contributed by atoms with Crippen molar-refractivity contribution >= 4 is 5.91 Å². The van der Waals surface area contributed by atoms with Gasteiger partial charge in [-0.3, -0.25) is 9.36 Å². The van der Waals surface area contributed by atoms with Gasteiger partial charge in [0.2, 0.25) is 0 Å². The molecule has 0 saturated carbocycles. The topological polar surface area (TPSA) is 95.0 Å². The van der Waals surface area contributed by atoms with Crippen molar-refractivity contribution in [3.63, 3.8) is 0 Å². The summed E-state index contributed by atoms with van der Waals surface area (Å²) in [7, 11) is 0. The van der Waals surface area contributed by atoms with Crippen molar-refractivity contribution in [2.45, 2.75) is 72.5 Å². The molecule has 1 aliphatic heterocycles. The van der Waals surface area contributed by atoms with Crippen molar-refractivity contribution in [3.05, 3.63) is 33.7 Å². The predicted molar refractivity (Wildman–Crippen MR) is 96.1 cm³/mol. The fourth-order valence-electron chi connectivity index (χ4n) is 3.29. The standard InChI is InChI=1S/C18H27N5O3/c1-11(2)7-10-23-18(25)22-9-8-14(5-6-15(22)21-23)20-17(24)16-12(3)26-13(4)19-16/h11,14H,5-10H2,1-4H3,(H,20,24). The fraction of sp³-hybridized carbons (Fsp3) is 0.667. The minimum absolute atomic E-state index is 0.0101. The molecule has 0 radical (unpaired) electrons. The maximum Gasteiger partial charge on any atom is 0.345 e. The highest BCUT2D eigenvalue weighted by molar-refractivity contribution is 5.93. The number of aryl methyl sites for hydroxylation is 4. The van der Waals surface area contributed by atoms with Crippen LogP contribution in [0.4, 0.5) is 0 Å². The molecule has 1 N–H and O–H groups in total. The highest BCUT2D eigenvalue weighted by atomic mass is 16.4. The number of aromatic nitrogens is 4. The summed E-state index contributed by atoms with van der Waals surface area (Å²) in [4.78, 5) is 29.1. The van der Waals surface area contributed by atoms with Crippen LogP contribution in [0.25, 0.3) is 0 Å². The Balaban J connectivity index is 1.64. The minimum atomic E-state index is -0.224. The molecule has 1 atom stereocenters. The molecule has 8 heteroatoms. The SMILES string of the molecule is Cc1nc(C(=O)NC2CCc3nn(CCC(C)C)c(=O)n3CC2)c(C)o1. The number of nitrogens with zero attached hydrogens (tertiary/aromatic N) is 4. The lowest BCUT2D eigenvalue weighted by molar-refractivity contribution is 0.0927. The molecule has 142 valence electrons. The third kappa shape index (κ3) is 3.89. The van der Waals surface area contributed by atoms with E-state index in [1.165, 1.54) is 0 Å². The van der Waals surface area contributed by atoms with E-state index in [0.717, 1.165) is 18.7 Å². The molecular weight excluding hydrogens is 334 g/mol. The van der Waals surface area contributed by atoms with Crippen LogP contribution in [0.2, 0.25) is 0 Å². The van der Waals surface area contributed by atoms with E-state index in [1.807, 2.05) is 0 Å². The van der Waals surface area contributed by atoms with E-state index in [4.69, 9.17) is 4.42 Å². The summed E-state index contributed by atoms with van der Waals surface area (Å²) in [6.07, 6.45) is 3.06. The van der Waals surface area contributed by atoms with Gasteiger partial charge in [0.05, 0.1) is 0 Å². The van der Waals surface area contributed by atoms with E-state index >= 15 is 0 Å². The zero-order valence-electron chi connectivity index (χ0n) is 15.9. The molecule has 3 heterocycles. The molecule has 1 amide bonds. The van der Waals surface area contributed by atoms with Gasteiger partial charge >= 0.3 is 5.69 Å². The number of oxazole rings is 1. The first-order valence-electron chi connectivity index (χ1n) is 9.26. The Morgan fingerprint density at radius 1 is 1.35 bits per heavy atom. The Morgan fingerprint density at radius 3 is 2.77 bits per heavy atom. The molecule has 8 nitrogen and oxygen atoms in total. The molecule has 0 aromatic carbocycles. The van der Waals surface area contributed by atoms with E-state index < -0.39 is 0 Å². The molecule has 2 aromatic heterocycles. The Bertz CT molecular complexity index is 846. The van der Waals surface area contributed by atoms with Crippen LogP contribution in [-0.4, -0.2) is 31.3 Å². The summed E-state index contributed by atoms with van der Waals surface area (Å²) in [5.41, 5.74) is 0.288. The second kappa shape index (κ2) is 7.47. The molecule has 0 spiro atoms. The number of amides is 1. The Labute approximate surface area is 152 Å². The van der Waals surface area contributed by atoms with Crippen molar-refractivity contribution in [1.29, 1.82) is 0 Å². The van der Waals surface area contributed by atoms with E-state index in [-0.39, 0.29) is 17.6 Å². The smallest absolute Gasteiger partial charge is 0.345 e. The van der Waals surface area contributed by atoms with Crippen molar-refractivity contribution in [3.8, 4) is 0 Å². The van der Waals surface area contributed by atoms with Crippen LogP contribution in [0.1, 0.15) is 61.1 Å². The summed E-state index contributed by atoms with van der Waals surface area (Å²) in [6, 6.07) is -0.0101. The van der Waals surface area contributed by atoms with Crippen molar-refractivity contribution in [2.75, 3.05) is 0 Å². The highest BCUT2D eigenvalue weighted by Crippen LogP contribution is 2.14. The largest absolute Gasteiger partial charge is 0.445 e. The normalized spacial score (nSPS) is 17.2. The van der Waals surface area contributed by atoms with Gasteiger partial charge in [-0.25, -0.2) is 14.5 Å². The first-order valence-corrected chi connectivity index (χ1v) is 9.26. The number of hydrogen-bond acceptors (Lipinski definition) is 5. The third-order valence-electron chi connectivity index (χ3n) is 4.79. The fourth-order valence-corrected chi connectivity index (χ4v) is 3.29. The Hall–Kier alpha value is -2.38. The maximum absolute atomic E-state index is 12.5. The third-order valence-corrected chi connectivity index (χ3v) is 4.79. The number of carbonyl (C=O) groups excluding carboxylic acids is 1. The molecule has 0 aliphatic carbocycles. The van der Waals surface area contributed by atoms with Crippen LogP contribution in [-0.2, 0) is 19.5 Å². The zero-order chi connectivity index (χ0) is 18.8. The zero-order valence-corrected chi connectivity index (χ0v) is 15.9. The van der Waals surface area contributed by atoms with Crippen LogP contribution in [0.15, 0.2) is 9.21 Å². The number of carbonyl (C=O) groups is 1. The van der Waals surface area contributed by atoms with Gasteiger partial charge in [-0.15, -0.1) is 0 Å². The van der Waals surface area contributed by atoms with Crippen molar-refractivity contribution in [1.82, 2.24) is 24.6 Å². The summed E-state index contributed by atoms with van der Waals surface area (Å²) in [5.74, 6) is 2.12. The van der Waals surface area contributed by atoms with Crippen molar-refractivity contribution in [2.24, 2.45) is 5.92 Å². The van der Waals surface area contributed by atoms with Crippen LogP contribution in [0.3, 0.4) is 0 Å². The van der Waals surface area contributed by atoms with Crippen LogP contribution in [0.5, 0.6) is 0 Å². The predicted octanol–water partition coefficient (Wildman–Crippen LogP) is 1.83. The van der Waals surface area contributed by atoms with Crippen LogP contribution >= 0.6 is 0 Å². The average Bonchev–Trinajstić information content (AvgIpc) is 2.98. The number of rotatable bonds is 5. The molecule has 1 aliphatic rings. The van der Waals surface area contributed by atoms with E-state index in [2.05, 4.69) is 29.2 Å². The number of fused-ring (bicyclic) bond motifs is 1. The van der Waals surface area contributed by atoms with Gasteiger partial charge in [0.15, 0.2) is 11.6 Å². The molecule has 0 bridgehead atoms. The molecular formula is C18H27N5O3. The highest BCUT2D eigenvalue weighted by Gasteiger charge is 2.24. The molecule has 2 aromatic rings. The molecule has 0 fully saturated rings. The quantitative estimate of drug-likeness (QED) is 0.877. The first kappa shape index (κ1) is 18.4. The lowest BCUT2D eigenvalue weighted by atomic mass is 10.1. The lowest BCUT2D eigenvalue weighted by Gasteiger charge is -2.15. The second-order valence-electron chi connectivity index (χ2n) is 7.39. The van der Waals surface area contributed by atoms with Crippen molar-refractivity contribution < 1.29 is 9.21 Å². The Kier molecular flexibility index (Phi) is 5.29. The number of hydrogen-bond donors (Lipinski definition) is 1. The summed E-state index contributed by atoms with van der Waals surface area (Å²) < 4.78 is 8.65. The van der Waals surface area contributed by atoms with Gasteiger partial charge in [-0.2, -0.15) is 5.10 Å². The van der Waals surface area contributed by atoms with E-state index in [0.29, 0.717) is 49.2 Å². The maximum atomic E-state index is 12.5. The lowest BCUT2D eigenvalue weighted by Crippen LogP contribution is -2.36. The van der Waals surface area contributed by atoms with Gasteiger partial charge in [-0.1, -0.05) is 13.8 Å². The summed E-state index contributed by atoms with van der Waals surface area (Å²) in [6.45, 7) is 8.95. The minimum Gasteiger partial charge on any atom is -0.445 e. The Morgan fingerprint density at radius 2 is 2.12 bits per heavy atom. The second-order valence-corrected chi connectivity index (χ2v) is 7.39. The van der Waals surface area contributed by atoms with Gasteiger partial charge < -0.3 is 9.73 Å². The monoisotopic (exact) mass is 361 g/mol. The molecule has 26 heavy (non-hydrogen) atoms. The summed E-state index contributed by atoms with van der Waals surface area (Å²) >= 11 is 0. The van der Waals surface area contributed by atoms with Gasteiger partial charge in [-0.05, 0) is 32.1 Å². The average molecular weight is 361 g/mol. The number of nitrogens with one attached hydrogen (secondary N) is 1. The van der Waals surface area contributed by atoms with Crippen LogP contribution in [0, 0.1) is 19.8 Å². The van der Waals surface area contributed by atoms with Crippen LogP contribution < -0.4 is 11.0 Å². The van der Waals surface area contributed by atoms with Gasteiger partial charge in [0, 0.05) is 32.5 Å². The molecule has 1 unspecified atom stereocenters. The molecule has 3 rings (SSSR count). The summed E-state index contributed by atoms with van der Waals surface area (Å²) in [5, 5.41) is 7.52. The van der Waals surface area contributed by atoms with E-state index in [9.17, 15) is 9.59 Å². The van der Waals surface area contributed by atoms with E-state index in [1.54, 1.807) is 23.1 Å². The van der Waals surface area contributed by atoms with Gasteiger partial charge in [0.25, 0.3) is 5.91 Å². The molecule has 0 saturated heterocycles.